The van der Waals surface area contributed by atoms with Crippen LogP contribution in [-0.4, -0.2) is 22.6 Å². The molecule has 0 aromatic carbocycles. The minimum atomic E-state index is 0.276. The van der Waals surface area contributed by atoms with E-state index in [-0.39, 0.29) is 11.9 Å². The van der Waals surface area contributed by atoms with Gasteiger partial charge < -0.3 is 16.3 Å². The zero-order valence-electron chi connectivity index (χ0n) is 9.43. The highest BCUT2D eigenvalue weighted by Crippen LogP contribution is 2.09. The summed E-state index contributed by atoms with van der Waals surface area (Å²) in [4.78, 5) is 3.97. The van der Waals surface area contributed by atoms with Crippen LogP contribution >= 0.6 is 0 Å². The van der Waals surface area contributed by atoms with E-state index < -0.39 is 0 Å². The maximum Gasteiger partial charge on any atom is 0.139 e. The largest absolute Gasteiger partial charge is 0.409 e. The van der Waals surface area contributed by atoms with E-state index in [2.05, 4.69) is 22.4 Å². The van der Waals surface area contributed by atoms with Crippen LogP contribution in [0.2, 0.25) is 0 Å². The van der Waals surface area contributed by atoms with E-state index in [9.17, 15) is 0 Å². The number of oxime groups is 1. The van der Waals surface area contributed by atoms with Gasteiger partial charge in [-0.25, -0.2) is 0 Å². The topological polar surface area (TPSA) is 83.5 Å². The molecule has 5 nitrogen and oxygen atoms in total. The van der Waals surface area contributed by atoms with Gasteiger partial charge in [-0.3, -0.25) is 4.98 Å². The maximum atomic E-state index is 8.36. The zero-order valence-corrected chi connectivity index (χ0v) is 9.43. The number of aromatic nitrogens is 1. The highest BCUT2D eigenvalue weighted by atomic mass is 16.4. The van der Waals surface area contributed by atoms with E-state index in [1.54, 1.807) is 12.4 Å². The van der Waals surface area contributed by atoms with Crippen LogP contribution < -0.4 is 11.1 Å². The van der Waals surface area contributed by atoms with Gasteiger partial charge in [-0.2, -0.15) is 0 Å². The van der Waals surface area contributed by atoms with Crippen LogP contribution in [0.15, 0.2) is 29.7 Å². The van der Waals surface area contributed by atoms with Crippen molar-refractivity contribution in [3.63, 3.8) is 0 Å². The summed E-state index contributed by atoms with van der Waals surface area (Å²) in [6.45, 7) is 2.93. The number of nitrogens with one attached hydrogen (secondary N) is 1. The smallest absolute Gasteiger partial charge is 0.139 e. The van der Waals surface area contributed by atoms with Crippen LogP contribution in [0.1, 0.15) is 31.4 Å². The molecule has 0 spiro atoms. The first kappa shape index (κ1) is 12.4. The molecule has 0 aliphatic carbocycles. The standard InChI is InChI=1S/C11H18N4O/c1-9(10-4-7-13-8-5-10)14-6-2-3-11(12)15-16/h4-5,7-9,14,16H,2-3,6H2,1H3,(H2,12,15). The molecule has 16 heavy (non-hydrogen) atoms. The van der Waals surface area contributed by atoms with Gasteiger partial charge in [-0.1, -0.05) is 5.16 Å². The van der Waals surface area contributed by atoms with Crippen molar-refractivity contribution >= 4 is 5.84 Å². The molecule has 0 amide bonds. The lowest BCUT2D eigenvalue weighted by molar-refractivity contribution is 0.316. The lowest BCUT2D eigenvalue weighted by Gasteiger charge is -2.13. The molecule has 1 aromatic rings. The summed E-state index contributed by atoms with van der Waals surface area (Å²) >= 11 is 0. The van der Waals surface area contributed by atoms with Crippen molar-refractivity contribution in [2.75, 3.05) is 6.54 Å². The summed E-state index contributed by atoms with van der Waals surface area (Å²) in [6, 6.07) is 4.26. The number of amidine groups is 1. The Morgan fingerprint density at radius 2 is 2.25 bits per heavy atom. The van der Waals surface area contributed by atoms with Gasteiger partial charge >= 0.3 is 0 Å². The highest BCUT2D eigenvalue weighted by molar-refractivity contribution is 5.79. The second-order valence-electron chi connectivity index (χ2n) is 3.65. The van der Waals surface area contributed by atoms with Crippen molar-refractivity contribution in [1.29, 1.82) is 0 Å². The summed E-state index contributed by atoms with van der Waals surface area (Å²) in [6.07, 6.45) is 5.02. The van der Waals surface area contributed by atoms with Crippen LogP contribution in [-0.2, 0) is 0 Å². The van der Waals surface area contributed by atoms with Gasteiger partial charge in [0, 0.05) is 24.9 Å². The van der Waals surface area contributed by atoms with Crippen molar-refractivity contribution in [1.82, 2.24) is 10.3 Å². The van der Waals surface area contributed by atoms with Crippen LogP contribution in [0.5, 0.6) is 0 Å². The molecule has 1 heterocycles. The maximum absolute atomic E-state index is 8.36. The SMILES string of the molecule is CC(NCCCC(N)=NO)c1ccncc1. The normalized spacial score (nSPS) is 13.7. The quantitative estimate of drug-likeness (QED) is 0.222. The first-order valence-electron chi connectivity index (χ1n) is 5.33. The molecule has 0 bridgehead atoms. The van der Waals surface area contributed by atoms with Gasteiger partial charge in [0.05, 0.1) is 0 Å². The number of pyridine rings is 1. The molecule has 0 radical (unpaired) electrons. The molecule has 0 aliphatic heterocycles. The number of nitrogens with zero attached hydrogens (tertiary/aromatic N) is 2. The molecule has 1 atom stereocenters. The van der Waals surface area contributed by atoms with Crippen molar-refractivity contribution < 1.29 is 5.21 Å². The van der Waals surface area contributed by atoms with Gasteiger partial charge in [0.25, 0.3) is 0 Å². The van der Waals surface area contributed by atoms with E-state index in [1.807, 2.05) is 12.1 Å². The van der Waals surface area contributed by atoms with Crippen LogP contribution in [0, 0.1) is 0 Å². The second-order valence-corrected chi connectivity index (χ2v) is 3.65. The van der Waals surface area contributed by atoms with Gasteiger partial charge in [-0.15, -0.1) is 0 Å². The number of rotatable bonds is 6. The monoisotopic (exact) mass is 222 g/mol. The first-order valence-corrected chi connectivity index (χ1v) is 5.33. The number of nitrogens with two attached hydrogens (primary N) is 1. The van der Waals surface area contributed by atoms with E-state index in [0.717, 1.165) is 13.0 Å². The third kappa shape index (κ3) is 4.27. The van der Waals surface area contributed by atoms with Crippen LogP contribution in [0.25, 0.3) is 0 Å². The molecular weight excluding hydrogens is 204 g/mol. The van der Waals surface area contributed by atoms with Gasteiger partial charge in [0.15, 0.2) is 0 Å². The van der Waals surface area contributed by atoms with Gasteiger partial charge in [-0.05, 0) is 37.6 Å². The summed E-state index contributed by atoms with van der Waals surface area (Å²) in [5.74, 6) is 0.276. The third-order valence-corrected chi connectivity index (χ3v) is 2.39. The van der Waals surface area contributed by atoms with Crippen molar-refractivity contribution in [3.05, 3.63) is 30.1 Å². The average molecular weight is 222 g/mol. The van der Waals surface area contributed by atoms with Crippen LogP contribution in [0.3, 0.4) is 0 Å². The molecule has 88 valence electrons. The second kappa shape index (κ2) is 6.79. The fourth-order valence-corrected chi connectivity index (χ4v) is 1.41. The summed E-state index contributed by atoms with van der Waals surface area (Å²) in [5.41, 5.74) is 6.57. The molecule has 1 rings (SSSR count). The average Bonchev–Trinajstić information content (AvgIpc) is 2.35. The third-order valence-electron chi connectivity index (χ3n) is 2.39. The lowest BCUT2D eigenvalue weighted by Crippen LogP contribution is -2.21. The van der Waals surface area contributed by atoms with E-state index in [4.69, 9.17) is 10.9 Å². The Kier molecular flexibility index (Phi) is 5.28. The Morgan fingerprint density at radius 3 is 2.88 bits per heavy atom. The van der Waals surface area contributed by atoms with Crippen molar-refractivity contribution in [2.24, 2.45) is 10.9 Å². The molecular formula is C11H18N4O. The first-order chi connectivity index (χ1) is 7.74. The van der Waals surface area contributed by atoms with E-state index in [1.165, 1.54) is 5.56 Å². The Bertz CT molecular complexity index is 326. The molecule has 0 aliphatic rings. The summed E-state index contributed by atoms with van der Waals surface area (Å²) in [5, 5.41) is 14.6. The number of hydrogen-bond donors (Lipinski definition) is 3. The lowest BCUT2D eigenvalue weighted by atomic mass is 10.1. The predicted molar refractivity (Wildman–Crippen MR) is 63.3 cm³/mol. The summed E-state index contributed by atoms with van der Waals surface area (Å²) in [7, 11) is 0. The zero-order chi connectivity index (χ0) is 11.8. The van der Waals surface area contributed by atoms with Gasteiger partial charge in [0.2, 0.25) is 0 Å². The summed E-state index contributed by atoms with van der Waals surface area (Å²) < 4.78 is 0. The minimum Gasteiger partial charge on any atom is -0.409 e. The molecule has 1 unspecified atom stereocenters. The molecule has 0 fully saturated rings. The van der Waals surface area contributed by atoms with E-state index in [0.29, 0.717) is 6.42 Å². The Labute approximate surface area is 95.4 Å². The van der Waals surface area contributed by atoms with Gasteiger partial charge in [0.1, 0.15) is 5.84 Å². The molecule has 0 saturated carbocycles. The predicted octanol–water partition coefficient (Wildman–Crippen LogP) is 1.26. The fraction of sp³-hybridized carbons (Fsp3) is 0.455. The van der Waals surface area contributed by atoms with Crippen LogP contribution in [0.4, 0.5) is 0 Å². The van der Waals surface area contributed by atoms with Crippen molar-refractivity contribution in [3.8, 4) is 0 Å². The molecule has 0 saturated heterocycles. The fourth-order valence-electron chi connectivity index (χ4n) is 1.41. The minimum absolute atomic E-state index is 0.276. The number of hydrogen-bond acceptors (Lipinski definition) is 4. The Morgan fingerprint density at radius 1 is 1.56 bits per heavy atom. The Balaban J connectivity index is 2.23. The van der Waals surface area contributed by atoms with E-state index >= 15 is 0 Å². The molecule has 5 heteroatoms. The molecule has 1 aromatic heterocycles. The van der Waals surface area contributed by atoms with Crippen molar-refractivity contribution in [2.45, 2.75) is 25.8 Å². The molecule has 4 N–H and O–H groups in total. The highest BCUT2D eigenvalue weighted by Gasteiger charge is 2.03. The Hall–Kier alpha value is -1.62.